The van der Waals surface area contributed by atoms with E-state index in [-0.39, 0.29) is 12.1 Å². The van der Waals surface area contributed by atoms with Crippen molar-refractivity contribution in [1.29, 1.82) is 0 Å². The van der Waals surface area contributed by atoms with Crippen LogP contribution < -0.4 is 14.9 Å². The topological polar surface area (TPSA) is 90.1 Å². The minimum Gasteiger partial charge on any atom is -0.363 e. The Balaban J connectivity index is 1.71. The second-order valence-corrected chi connectivity index (χ2v) is 8.68. The van der Waals surface area contributed by atoms with Crippen LogP contribution in [0.1, 0.15) is 23.5 Å². The molecule has 1 saturated heterocycles. The Morgan fingerprint density at radius 3 is 2.50 bits per heavy atom. The first-order chi connectivity index (χ1) is 13.4. The summed E-state index contributed by atoms with van der Waals surface area (Å²) in [4.78, 5) is 9.80. The van der Waals surface area contributed by atoms with Crippen molar-refractivity contribution in [2.45, 2.75) is 12.1 Å². The van der Waals surface area contributed by atoms with E-state index in [9.17, 15) is 8.42 Å². The zero-order chi connectivity index (χ0) is 19.7. The monoisotopic (exact) mass is 413 g/mol. The number of hydrogen-bond acceptors (Lipinski definition) is 4. The van der Waals surface area contributed by atoms with E-state index >= 15 is 0 Å². The van der Waals surface area contributed by atoms with Gasteiger partial charge in [0, 0.05) is 29.5 Å². The molecule has 1 aromatic carbocycles. The lowest BCUT2D eigenvalue weighted by atomic mass is 10.0. The number of nitrogens with zero attached hydrogens (tertiary/aromatic N) is 2. The minimum absolute atomic E-state index is 0.119. The molecule has 28 heavy (non-hydrogen) atoms. The fraction of sp³-hybridized carbons (Fsp3) is 0.158. The van der Waals surface area contributed by atoms with Crippen LogP contribution in [-0.4, -0.2) is 29.8 Å². The quantitative estimate of drug-likeness (QED) is 0.557. The zero-order valence-electron chi connectivity index (χ0n) is 15.0. The Labute approximate surface area is 168 Å². The lowest BCUT2D eigenvalue weighted by Crippen LogP contribution is -2.29. The van der Waals surface area contributed by atoms with Crippen LogP contribution in [0.15, 0.2) is 67.0 Å². The SMILES string of the molecule is CS(=O)(=O)Nc1ccc(N2C(=S)N[C@@H](c3ccccn3)[C@H]2c2ccc[nH]2)cc1. The van der Waals surface area contributed by atoms with Crippen molar-refractivity contribution < 1.29 is 8.42 Å². The third-order valence-electron chi connectivity index (χ3n) is 4.49. The predicted octanol–water partition coefficient (Wildman–Crippen LogP) is 2.96. The molecule has 9 heteroatoms. The van der Waals surface area contributed by atoms with Gasteiger partial charge in [-0.1, -0.05) is 6.07 Å². The Bertz CT molecular complexity index is 1070. The summed E-state index contributed by atoms with van der Waals surface area (Å²) in [5.74, 6) is 0. The highest BCUT2D eigenvalue weighted by atomic mass is 32.2. The maximum Gasteiger partial charge on any atom is 0.229 e. The smallest absolute Gasteiger partial charge is 0.229 e. The molecule has 1 aliphatic rings. The maximum absolute atomic E-state index is 11.4. The Morgan fingerprint density at radius 1 is 1.11 bits per heavy atom. The van der Waals surface area contributed by atoms with Gasteiger partial charge in [-0.15, -0.1) is 0 Å². The van der Waals surface area contributed by atoms with Crippen LogP contribution in [0.2, 0.25) is 0 Å². The molecule has 144 valence electrons. The molecule has 2 aromatic heterocycles. The summed E-state index contributed by atoms with van der Waals surface area (Å²) in [7, 11) is -3.33. The number of rotatable bonds is 5. The number of aromatic amines is 1. The van der Waals surface area contributed by atoms with Crippen LogP contribution in [-0.2, 0) is 10.0 Å². The van der Waals surface area contributed by atoms with Crippen molar-refractivity contribution in [2.24, 2.45) is 0 Å². The Morgan fingerprint density at radius 2 is 1.89 bits per heavy atom. The third kappa shape index (κ3) is 3.71. The number of aromatic nitrogens is 2. The van der Waals surface area contributed by atoms with Crippen LogP contribution in [0.25, 0.3) is 0 Å². The normalized spacial score (nSPS) is 19.5. The predicted molar refractivity (Wildman–Crippen MR) is 114 cm³/mol. The van der Waals surface area contributed by atoms with Gasteiger partial charge in [-0.25, -0.2) is 8.42 Å². The molecular weight excluding hydrogens is 394 g/mol. The van der Waals surface area contributed by atoms with Crippen LogP contribution in [0.4, 0.5) is 11.4 Å². The first-order valence-corrected chi connectivity index (χ1v) is 10.9. The molecule has 0 aliphatic carbocycles. The highest BCUT2D eigenvalue weighted by Crippen LogP contribution is 2.40. The fourth-order valence-corrected chi connectivity index (χ4v) is 4.29. The van der Waals surface area contributed by atoms with Crippen molar-refractivity contribution in [2.75, 3.05) is 15.9 Å². The zero-order valence-corrected chi connectivity index (χ0v) is 16.7. The minimum atomic E-state index is -3.33. The van der Waals surface area contributed by atoms with Gasteiger partial charge in [-0.2, -0.15) is 0 Å². The van der Waals surface area contributed by atoms with E-state index in [1.165, 1.54) is 0 Å². The summed E-state index contributed by atoms with van der Waals surface area (Å²) < 4.78 is 25.3. The van der Waals surface area contributed by atoms with E-state index in [2.05, 4.69) is 20.0 Å². The Kier molecular flexibility index (Phi) is 4.78. The lowest BCUT2D eigenvalue weighted by Gasteiger charge is -2.27. The number of anilines is 2. The molecule has 7 nitrogen and oxygen atoms in total. The van der Waals surface area contributed by atoms with E-state index in [4.69, 9.17) is 12.2 Å². The van der Waals surface area contributed by atoms with Crippen LogP contribution in [0, 0.1) is 0 Å². The van der Waals surface area contributed by atoms with Gasteiger partial charge >= 0.3 is 0 Å². The number of hydrogen-bond donors (Lipinski definition) is 3. The van der Waals surface area contributed by atoms with Crippen molar-refractivity contribution in [1.82, 2.24) is 15.3 Å². The van der Waals surface area contributed by atoms with E-state index < -0.39 is 10.0 Å². The molecule has 0 saturated carbocycles. The van der Waals surface area contributed by atoms with Gasteiger partial charge in [0.25, 0.3) is 0 Å². The molecule has 1 aliphatic heterocycles. The molecule has 1 fully saturated rings. The highest BCUT2D eigenvalue weighted by molar-refractivity contribution is 7.92. The molecule has 0 radical (unpaired) electrons. The molecule has 2 atom stereocenters. The summed E-state index contributed by atoms with van der Waals surface area (Å²) in [5, 5.41) is 3.96. The van der Waals surface area contributed by atoms with Crippen molar-refractivity contribution in [3.05, 3.63) is 78.4 Å². The van der Waals surface area contributed by atoms with Crippen molar-refractivity contribution in [3.63, 3.8) is 0 Å². The van der Waals surface area contributed by atoms with E-state index in [0.29, 0.717) is 10.8 Å². The molecular formula is C19H19N5O2S2. The number of H-pyrrole nitrogens is 1. The molecule has 0 amide bonds. The number of sulfonamides is 1. The summed E-state index contributed by atoms with van der Waals surface area (Å²) >= 11 is 5.63. The lowest BCUT2D eigenvalue weighted by molar-refractivity contribution is 0.558. The van der Waals surface area contributed by atoms with Gasteiger partial charge in [0.2, 0.25) is 10.0 Å². The maximum atomic E-state index is 11.4. The van der Waals surface area contributed by atoms with Gasteiger partial charge < -0.3 is 15.2 Å². The molecule has 3 heterocycles. The van der Waals surface area contributed by atoms with Gasteiger partial charge in [0.15, 0.2) is 5.11 Å². The second-order valence-electron chi connectivity index (χ2n) is 6.54. The second kappa shape index (κ2) is 7.25. The van der Waals surface area contributed by atoms with E-state index in [1.807, 2.05) is 53.6 Å². The molecule has 0 unspecified atom stereocenters. The largest absolute Gasteiger partial charge is 0.363 e. The summed E-state index contributed by atoms with van der Waals surface area (Å²) in [6.45, 7) is 0. The third-order valence-corrected chi connectivity index (χ3v) is 5.41. The van der Waals surface area contributed by atoms with Gasteiger partial charge in [0.1, 0.15) is 6.04 Å². The fourth-order valence-electron chi connectivity index (χ4n) is 3.38. The van der Waals surface area contributed by atoms with Gasteiger partial charge in [0.05, 0.1) is 18.0 Å². The van der Waals surface area contributed by atoms with Crippen LogP contribution >= 0.6 is 12.2 Å². The van der Waals surface area contributed by atoms with E-state index in [0.717, 1.165) is 23.3 Å². The number of thiocarbonyl (C=S) groups is 1. The number of pyridine rings is 1. The summed E-state index contributed by atoms with van der Waals surface area (Å²) in [6.07, 6.45) is 4.77. The average molecular weight is 414 g/mol. The standard InChI is InChI=1S/C19H19N5O2S2/c1-28(25,26)23-13-7-9-14(10-8-13)24-18(16-6-4-12-21-16)17(22-19(24)27)15-5-2-3-11-20-15/h2-12,17-18,21,23H,1H3,(H,22,27)/t17-,18+/m0/s1. The van der Waals surface area contributed by atoms with E-state index in [1.54, 1.807) is 18.3 Å². The summed E-state index contributed by atoms with van der Waals surface area (Å²) in [6, 6.07) is 16.7. The number of benzene rings is 1. The average Bonchev–Trinajstić information content (AvgIpc) is 3.29. The first kappa shape index (κ1) is 18.5. The molecule has 4 rings (SSSR count). The first-order valence-electron chi connectivity index (χ1n) is 8.64. The van der Waals surface area contributed by atoms with Crippen molar-refractivity contribution in [3.8, 4) is 0 Å². The molecule has 0 bridgehead atoms. The van der Waals surface area contributed by atoms with Crippen molar-refractivity contribution >= 4 is 38.7 Å². The number of nitrogens with one attached hydrogen (secondary N) is 3. The summed E-state index contributed by atoms with van der Waals surface area (Å²) in [5.41, 5.74) is 3.25. The molecule has 3 aromatic rings. The Hall–Kier alpha value is -2.91. The van der Waals surface area contributed by atoms with Gasteiger partial charge in [-0.3, -0.25) is 9.71 Å². The molecule has 0 spiro atoms. The van der Waals surface area contributed by atoms with Gasteiger partial charge in [-0.05, 0) is 60.7 Å². The molecule has 3 N–H and O–H groups in total. The van der Waals surface area contributed by atoms with Crippen LogP contribution in [0.3, 0.4) is 0 Å². The highest BCUT2D eigenvalue weighted by Gasteiger charge is 2.41. The van der Waals surface area contributed by atoms with Crippen LogP contribution in [0.5, 0.6) is 0 Å².